The fourth-order valence-electron chi connectivity index (χ4n) is 2.87. The van der Waals surface area contributed by atoms with Crippen molar-refractivity contribution >= 4 is 29.2 Å². The van der Waals surface area contributed by atoms with E-state index in [-0.39, 0.29) is 49.6 Å². The predicted octanol–water partition coefficient (Wildman–Crippen LogP) is 4.44. The summed E-state index contributed by atoms with van der Waals surface area (Å²) >= 11 is 7.44. The number of alkyl halides is 2. The van der Waals surface area contributed by atoms with Crippen molar-refractivity contribution in [2.45, 2.75) is 19.3 Å². The Kier molecular flexibility index (Phi) is 9.54. The van der Waals surface area contributed by atoms with Crippen LogP contribution in [0.5, 0.6) is 0 Å². The second-order valence-electron chi connectivity index (χ2n) is 7.23. The summed E-state index contributed by atoms with van der Waals surface area (Å²) in [6.07, 6.45) is 5.21. The Hall–Kier alpha value is -3.32. The molecule has 0 saturated heterocycles. The third kappa shape index (κ3) is 6.88. The zero-order chi connectivity index (χ0) is 24.8. The van der Waals surface area contributed by atoms with Gasteiger partial charge in [-0.05, 0) is 25.0 Å². The number of aromatic nitrogens is 5. The molecule has 1 fully saturated rings. The van der Waals surface area contributed by atoms with Crippen molar-refractivity contribution in [2.75, 3.05) is 0 Å². The summed E-state index contributed by atoms with van der Waals surface area (Å²) in [5, 5.41) is 8.18. The molecule has 1 aliphatic rings. The first kappa shape index (κ1) is 27.3. The van der Waals surface area contributed by atoms with Crippen LogP contribution in [-0.4, -0.2) is 31.0 Å². The van der Waals surface area contributed by atoms with Gasteiger partial charge in [0.05, 0.1) is 11.3 Å². The molecule has 36 heavy (non-hydrogen) atoms. The van der Waals surface area contributed by atoms with Crippen molar-refractivity contribution in [2.24, 2.45) is 5.92 Å². The maximum absolute atomic E-state index is 12.9. The third-order valence-corrected chi connectivity index (χ3v) is 5.59. The maximum Gasteiger partial charge on any atom is 2.00 e. The first-order chi connectivity index (χ1) is 17.0. The van der Waals surface area contributed by atoms with Gasteiger partial charge in [-0.3, -0.25) is 19.4 Å². The minimum absolute atomic E-state index is 0. The summed E-state index contributed by atoms with van der Waals surface area (Å²) in [4.78, 5) is 30.8. The molecule has 0 atom stereocenters. The normalized spacial score (nSPS) is 12.0. The number of hydrogen-bond donors (Lipinski definition) is 0. The van der Waals surface area contributed by atoms with Crippen molar-refractivity contribution in [1.29, 1.82) is 0 Å². The number of hydrogen-bond acceptors (Lipinski definition) is 7. The molecule has 0 N–H and O–H groups in total. The van der Waals surface area contributed by atoms with E-state index in [4.69, 9.17) is 11.6 Å². The number of nitrogens with zero attached hydrogens (tertiary/aromatic N) is 5. The molecule has 1 aliphatic carbocycles. The number of rotatable bonds is 4. The zero-order valence-electron chi connectivity index (χ0n) is 18.1. The summed E-state index contributed by atoms with van der Waals surface area (Å²) in [6.45, 7) is 0. The van der Waals surface area contributed by atoms with Crippen molar-refractivity contribution < 1.29 is 30.1 Å². The van der Waals surface area contributed by atoms with Crippen LogP contribution in [0.4, 0.5) is 8.78 Å². The van der Waals surface area contributed by atoms with E-state index >= 15 is 0 Å². The van der Waals surface area contributed by atoms with Gasteiger partial charge in [0, 0.05) is 29.4 Å². The standard InChI is InChI=1S/C17H9ClF2N3O2.C7H5N2S.Ni/c18-13-8-21-14(17(19)20)5-12(13)11-6-15(22-7-10(11)9-24)23-4-2-1-3-16(23)25;1-2-6(1)3-4-7-9-8-5-10-7;/h1-8,17H;6H,1-2H2;/q2*-1;+2. The van der Waals surface area contributed by atoms with Gasteiger partial charge in [-0.15, -0.1) is 23.0 Å². The smallest absolute Gasteiger partial charge is 0.376 e. The van der Waals surface area contributed by atoms with Crippen LogP contribution in [0.1, 0.15) is 35.5 Å². The van der Waals surface area contributed by atoms with E-state index in [1.165, 1.54) is 53.3 Å². The van der Waals surface area contributed by atoms with Crippen LogP contribution in [0.3, 0.4) is 0 Å². The first-order valence-corrected chi connectivity index (χ1v) is 11.4. The van der Waals surface area contributed by atoms with Gasteiger partial charge in [-0.1, -0.05) is 41.0 Å². The number of pyridine rings is 3. The number of carbonyl (C=O) groups excluding carboxylic acids is 1. The van der Waals surface area contributed by atoms with Crippen molar-refractivity contribution in [3.8, 4) is 28.8 Å². The second kappa shape index (κ2) is 12.6. The quantitative estimate of drug-likeness (QED) is 0.205. The van der Waals surface area contributed by atoms with E-state index < -0.39 is 12.1 Å². The van der Waals surface area contributed by atoms with Gasteiger partial charge in [0.1, 0.15) is 11.5 Å². The van der Waals surface area contributed by atoms with E-state index in [2.05, 4.69) is 37.5 Å². The fraction of sp³-hybridized carbons (Fsp3) is 0.167. The van der Waals surface area contributed by atoms with Gasteiger partial charge >= 0.3 is 16.5 Å². The fourth-order valence-corrected chi connectivity index (χ4v) is 3.43. The average Bonchev–Trinajstić information content (AvgIpc) is 3.55. The molecular weight excluding hydrogens is 555 g/mol. The van der Waals surface area contributed by atoms with Gasteiger partial charge in [-0.25, -0.2) is 13.9 Å². The Morgan fingerprint density at radius 3 is 2.64 bits per heavy atom. The monoisotopic (exact) mass is 567 g/mol. The molecule has 0 bridgehead atoms. The van der Waals surface area contributed by atoms with Crippen LogP contribution in [0.15, 0.2) is 53.7 Å². The van der Waals surface area contributed by atoms with E-state index in [9.17, 15) is 18.4 Å². The van der Waals surface area contributed by atoms with Gasteiger partial charge in [0.25, 0.3) is 12.0 Å². The molecule has 4 aromatic heterocycles. The molecule has 5 rings (SSSR count). The Balaban J connectivity index is 0.000000273. The van der Waals surface area contributed by atoms with Crippen molar-refractivity contribution in [3.63, 3.8) is 0 Å². The predicted molar refractivity (Wildman–Crippen MR) is 126 cm³/mol. The Labute approximate surface area is 223 Å². The molecule has 4 aromatic rings. The van der Waals surface area contributed by atoms with Gasteiger partial charge in [0.2, 0.25) is 0 Å². The van der Waals surface area contributed by atoms with Gasteiger partial charge in [-0.2, -0.15) is 0 Å². The summed E-state index contributed by atoms with van der Waals surface area (Å²) in [7, 11) is 0. The summed E-state index contributed by atoms with van der Waals surface area (Å²) < 4.78 is 27.1. The van der Waals surface area contributed by atoms with Crippen LogP contribution in [0, 0.1) is 23.3 Å². The van der Waals surface area contributed by atoms with Crippen molar-refractivity contribution in [3.05, 3.63) is 86.1 Å². The van der Waals surface area contributed by atoms with E-state index in [1.54, 1.807) is 18.4 Å². The molecule has 0 aromatic carbocycles. The van der Waals surface area contributed by atoms with Crippen LogP contribution in [0.25, 0.3) is 16.9 Å². The molecular formula is C24H14ClF2N5NiO2S. The number of halogens is 3. The molecule has 12 heteroatoms. The largest absolute Gasteiger partial charge is 2.00 e. The molecule has 0 spiro atoms. The Morgan fingerprint density at radius 2 is 2.00 bits per heavy atom. The Morgan fingerprint density at radius 1 is 1.19 bits per heavy atom. The molecule has 0 aliphatic heterocycles. The van der Waals surface area contributed by atoms with E-state index in [1.807, 2.05) is 0 Å². The molecule has 0 unspecified atom stereocenters. The molecule has 184 valence electrons. The molecule has 0 radical (unpaired) electrons. The van der Waals surface area contributed by atoms with E-state index in [0.717, 1.165) is 17.3 Å². The SMILES string of the molecule is C(#CC1CC1)c1nn[c-]s1.O=[C-]c1cnc(-n2ccccc2=O)cc1-c1cc(C(F)F)ncc1Cl.[Ni+2]. The second-order valence-corrected chi connectivity index (χ2v) is 8.41. The maximum atomic E-state index is 12.9. The summed E-state index contributed by atoms with van der Waals surface area (Å²) in [5.74, 6) is 6.90. The van der Waals surface area contributed by atoms with E-state index in [0.29, 0.717) is 5.92 Å². The van der Waals surface area contributed by atoms with Crippen LogP contribution in [-0.2, 0) is 21.3 Å². The van der Waals surface area contributed by atoms with Gasteiger partial charge < -0.3 is 21.1 Å². The summed E-state index contributed by atoms with van der Waals surface area (Å²) in [5.41, 5.74) is 2.27. The van der Waals surface area contributed by atoms with Crippen LogP contribution >= 0.6 is 22.9 Å². The molecule has 0 amide bonds. The molecule has 1 saturated carbocycles. The summed E-state index contributed by atoms with van der Waals surface area (Å²) in [6, 6.07) is 7.06. The van der Waals surface area contributed by atoms with Crippen LogP contribution < -0.4 is 5.56 Å². The minimum Gasteiger partial charge on any atom is -0.376 e. The minimum atomic E-state index is -2.79. The Bertz CT molecular complexity index is 1470. The van der Waals surface area contributed by atoms with Gasteiger partial charge in [0.15, 0.2) is 0 Å². The third-order valence-electron chi connectivity index (χ3n) is 4.74. The van der Waals surface area contributed by atoms with Crippen LogP contribution in [0.2, 0.25) is 5.02 Å². The first-order valence-electron chi connectivity index (χ1n) is 10.2. The van der Waals surface area contributed by atoms with Crippen molar-refractivity contribution in [1.82, 2.24) is 24.7 Å². The average molecular weight is 569 g/mol. The topological polar surface area (TPSA) is 90.6 Å². The zero-order valence-corrected chi connectivity index (χ0v) is 20.7. The molecule has 7 nitrogen and oxygen atoms in total. The molecule has 4 heterocycles.